The standard InChI is InChI=1S/C15H18N2O2S/c1-4-19-13-7-5-12(6-8-13)10(2)16-15(18)14-9-20-17-11(14)3/h5-10H,4H2,1-3H3,(H,16,18)/t10-/m1/s1. The summed E-state index contributed by atoms with van der Waals surface area (Å²) >= 11 is 1.30. The molecule has 0 aliphatic rings. The number of amides is 1. The van der Waals surface area contributed by atoms with Gasteiger partial charge in [0.15, 0.2) is 0 Å². The van der Waals surface area contributed by atoms with Crippen LogP contribution in [0.25, 0.3) is 0 Å². The van der Waals surface area contributed by atoms with Gasteiger partial charge >= 0.3 is 0 Å². The Hall–Kier alpha value is -1.88. The second-order valence-corrected chi connectivity index (χ2v) is 5.14. The second kappa shape index (κ2) is 6.52. The van der Waals surface area contributed by atoms with Crippen LogP contribution >= 0.6 is 11.5 Å². The lowest BCUT2D eigenvalue weighted by Gasteiger charge is -2.14. The summed E-state index contributed by atoms with van der Waals surface area (Å²) in [4.78, 5) is 12.1. The Labute approximate surface area is 123 Å². The Morgan fingerprint density at radius 1 is 1.40 bits per heavy atom. The Kier molecular flexibility index (Phi) is 4.74. The van der Waals surface area contributed by atoms with Crippen LogP contribution in [-0.4, -0.2) is 16.9 Å². The third-order valence-electron chi connectivity index (χ3n) is 3.03. The van der Waals surface area contributed by atoms with E-state index in [4.69, 9.17) is 4.74 Å². The summed E-state index contributed by atoms with van der Waals surface area (Å²) in [6, 6.07) is 7.71. The largest absolute Gasteiger partial charge is 0.494 e. The van der Waals surface area contributed by atoms with Crippen LogP contribution in [0.3, 0.4) is 0 Å². The number of hydrogen-bond acceptors (Lipinski definition) is 4. The highest BCUT2D eigenvalue weighted by atomic mass is 32.1. The van der Waals surface area contributed by atoms with E-state index in [1.54, 1.807) is 5.38 Å². The van der Waals surface area contributed by atoms with E-state index in [2.05, 4.69) is 9.69 Å². The minimum absolute atomic E-state index is 0.0579. The van der Waals surface area contributed by atoms with Gasteiger partial charge in [-0.2, -0.15) is 4.37 Å². The molecule has 106 valence electrons. The van der Waals surface area contributed by atoms with Gasteiger partial charge in [-0.05, 0) is 50.0 Å². The molecule has 2 aromatic rings. The molecule has 0 aliphatic heterocycles. The first-order valence-corrected chi connectivity index (χ1v) is 7.40. The Balaban J connectivity index is 2.02. The number of aryl methyl sites for hydroxylation is 1. The number of rotatable bonds is 5. The Morgan fingerprint density at radius 3 is 2.65 bits per heavy atom. The van der Waals surface area contributed by atoms with E-state index in [0.29, 0.717) is 12.2 Å². The number of nitrogens with zero attached hydrogens (tertiary/aromatic N) is 1. The number of hydrogen-bond donors (Lipinski definition) is 1. The smallest absolute Gasteiger partial charge is 0.254 e. The molecule has 0 aliphatic carbocycles. The quantitative estimate of drug-likeness (QED) is 0.919. The van der Waals surface area contributed by atoms with Crippen molar-refractivity contribution in [3.8, 4) is 5.75 Å². The van der Waals surface area contributed by atoms with Crippen molar-refractivity contribution in [2.24, 2.45) is 0 Å². The zero-order valence-electron chi connectivity index (χ0n) is 11.8. The molecule has 1 N–H and O–H groups in total. The van der Waals surface area contributed by atoms with E-state index in [1.807, 2.05) is 45.0 Å². The molecular weight excluding hydrogens is 272 g/mol. The molecular formula is C15H18N2O2S. The molecule has 1 heterocycles. The zero-order valence-corrected chi connectivity index (χ0v) is 12.7. The van der Waals surface area contributed by atoms with Crippen molar-refractivity contribution >= 4 is 17.4 Å². The van der Waals surface area contributed by atoms with Crippen molar-refractivity contribution in [1.82, 2.24) is 9.69 Å². The van der Waals surface area contributed by atoms with Gasteiger partial charge in [-0.25, -0.2) is 0 Å². The van der Waals surface area contributed by atoms with Crippen molar-refractivity contribution < 1.29 is 9.53 Å². The van der Waals surface area contributed by atoms with Crippen LogP contribution in [-0.2, 0) is 0 Å². The van der Waals surface area contributed by atoms with Gasteiger partial charge in [0.2, 0.25) is 0 Å². The van der Waals surface area contributed by atoms with E-state index in [1.165, 1.54) is 11.5 Å². The van der Waals surface area contributed by atoms with Gasteiger partial charge < -0.3 is 10.1 Å². The van der Waals surface area contributed by atoms with Crippen LogP contribution < -0.4 is 10.1 Å². The van der Waals surface area contributed by atoms with Crippen molar-refractivity contribution in [2.45, 2.75) is 26.8 Å². The Bertz CT molecular complexity index is 578. The van der Waals surface area contributed by atoms with E-state index in [-0.39, 0.29) is 11.9 Å². The lowest BCUT2D eigenvalue weighted by atomic mass is 10.1. The van der Waals surface area contributed by atoms with Gasteiger partial charge in [0.05, 0.1) is 23.9 Å². The van der Waals surface area contributed by atoms with Crippen molar-refractivity contribution in [3.05, 3.63) is 46.5 Å². The lowest BCUT2D eigenvalue weighted by Crippen LogP contribution is -2.26. The fourth-order valence-corrected chi connectivity index (χ4v) is 2.58. The number of benzene rings is 1. The molecule has 1 amide bonds. The molecule has 1 atom stereocenters. The molecule has 0 bridgehead atoms. The molecule has 5 heteroatoms. The summed E-state index contributed by atoms with van der Waals surface area (Å²) < 4.78 is 9.52. The van der Waals surface area contributed by atoms with Crippen LogP contribution in [0.4, 0.5) is 0 Å². The fourth-order valence-electron chi connectivity index (χ4n) is 1.89. The third-order valence-corrected chi connectivity index (χ3v) is 3.75. The molecule has 1 aromatic heterocycles. The van der Waals surface area contributed by atoms with Crippen LogP contribution in [0.1, 0.15) is 41.5 Å². The molecule has 0 saturated carbocycles. The van der Waals surface area contributed by atoms with Crippen LogP contribution in [0.5, 0.6) is 5.75 Å². The summed E-state index contributed by atoms with van der Waals surface area (Å²) in [5.41, 5.74) is 2.46. The molecule has 0 fully saturated rings. The Morgan fingerprint density at radius 2 is 2.10 bits per heavy atom. The molecule has 4 nitrogen and oxygen atoms in total. The highest BCUT2D eigenvalue weighted by Crippen LogP contribution is 2.18. The van der Waals surface area contributed by atoms with Crippen molar-refractivity contribution in [3.63, 3.8) is 0 Å². The SMILES string of the molecule is CCOc1ccc([C@@H](C)NC(=O)c2csnc2C)cc1. The van der Waals surface area contributed by atoms with Crippen LogP contribution in [0.2, 0.25) is 0 Å². The molecule has 0 radical (unpaired) electrons. The second-order valence-electron chi connectivity index (χ2n) is 4.51. The predicted molar refractivity (Wildman–Crippen MR) is 80.3 cm³/mol. The van der Waals surface area contributed by atoms with Crippen LogP contribution in [0, 0.1) is 6.92 Å². The first kappa shape index (κ1) is 14.5. The molecule has 0 saturated heterocycles. The molecule has 0 unspecified atom stereocenters. The molecule has 2 rings (SSSR count). The number of ether oxygens (including phenoxy) is 1. The number of carbonyl (C=O) groups excluding carboxylic acids is 1. The van der Waals surface area contributed by atoms with E-state index in [0.717, 1.165) is 17.0 Å². The third kappa shape index (κ3) is 3.36. The normalized spacial score (nSPS) is 11.9. The van der Waals surface area contributed by atoms with E-state index < -0.39 is 0 Å². The maximum atomic E-state index is 12.1. The first-order chi connectivity index (χ1) is 9.61. The molecule has 0 spiro atoms. The summed E-state index contributed by atoms with van der Waals surface area (Å²) in [6.07, 6.45) is 0. The molecule has 20 heavy (non-hydrogen) atoms. The number of aromatic nitrogens is 1. The maximum absolute atomic E-state index is 12.1. The van der Waals surface area contributed by atoms with Gasteiger partial charge in [-0.3, -0.25) is 4.79 Å². The lowest BCUT2D eigenvalue weighted by molar-refractivity contribution is 0.0939. The predicted octanol–water partition coefficient (Wildman–Crippen LogP) is 3.34. The van der Waals surface area contributed by atoms with Gasteiger partial charge in [0.1, 0.15) is 5.75 Å². The van der Waals surface area contributed by atoms with Gasteiger partial charge in [0.25, 0.3) is 5.91 Å². The monoisotopic (exact) mass is 290 g/mol. The zero-order chi connectivity index (χ0) is 14.5. The minimum atomic E-state index is -0.0855. The number of carbonyl (C=O) groups is 1. The highest BCUT2D eigenvalue weighted by molar-refractivity contribution is 7.03. The summed E-state index contributed by atoms with van der Waals surface area (Å²) in [5, 5.41) is 4.75. The molecule has 1 aromatic carbocycles. The van der Waals surface area contributed by atoms with Crippen molar-refractivity contribution in [2.75, 3.05) is 6.61 Å². The van der Waals surface area contributed by atoms with E-state index >= 15 is 0 Å². The highest BCUT2D eigenvalue weighted by Gasteiger charge is 2.14. The van der Waals surface area contributed by atoms with Crippen LogP contribution in [0.15, 0.2) is 29.6 Å². The number of nitrogens with one attached hydrogen (secondary N) is 1. The van der Waals surface area contributed by atoms with Gasteiger partial charge in [0, 0.05) is 5.38 Å². The summed E-state index contributed by atoms with van der Waals surface area (Å²) in [5.74, 6) is 0.755. The average Bonchev–Trinajstić information content (AvgIpc) is 2.86. The minimum Gasteiger partial charge on any atom is -0.494 e. The van der Waals surface area contributed by atoms with E-state index in [9.17, 15) is 4.79 Å². The average molecular weight is 290 g/mol. The van der Waals surface area contributed by atoms with Gasteiger partial charge in [-0.15, -0.1) is 0 Å². The fraction of sp³-hybridized carbons (Fsp3) is 0.333. The summed E-state index contributed by atoms with van der Waals surface area (Å²) in [7, 11) is 0. The first-order valence-electron chi connectivity index (χ1n) is 6.56. The summed E-state index contributed by atoms with van der Waals surface area (Å²) in [6.45, 7) is 6.40. The maximum Gasteiger partial charge on any atom is 0.254 e. The van der Waals surface area contributed by atoms with Gasteiger partial charge in [-0.1, -0.05) is 12.1 Å². The topological polar surface area (TPSA) is 51.2 Å². The van der Waals surface area contributed by atoms with Crippen molar-refractivity contribution in [1.29, 1.82) is 0 Å².